The van der Waals surface area contributed by atoms with Crippen molar-refractivity contribution in [2.75, 3.05) is 53.9 Å². The highest BCUT2D eigenvalue weighted by Crippen LogP contribution is 2.59. The van der Waals surface area contributed by atoms with Crippen LogP contribution >= 0.6 is 0 Å². The molecule has 2 aliphatic rings. The van der Waals surface area contributed by atoms with Crippen molar-refractivity contribution < 1.29 is 48.5 Å². The minimum Gasteiger partial charge on any atom is -0.497 e. The van der Waals surface area contributed by atoms with Gasteiger partial charge in [0.1, 0.15) is 34.9 Å². The second-order valence-electron chi connectivity index (χ2n) is 18.6. The smallest absolute Gasteiger partial charge is 0.305 e. The lowest BCUT2D eigenvalue weighted by Gasteiger charge is -2.49. The maximum atomic E-state index is 12.2. The highest BCUT2D eigenvalue weighted by molar-refractivity contribution is 5.69. The van der Waals surface area contributed by atoms with E-state index in [0.29, 0.717) is 39.5 Å². The van der Waals surface area contributed by atoms with Gasteiger partial charge in [-0.05, 0) is 55.2 Å². The Balaban J connectivity index is 0.000000350. The van der Waals surface area contributed by atoms with Crippen LogP contribution in [0.25, 0.3) is 0 Å². The van der Waals surface area contributed by atoms with Crippen LogP contribution in [0.4, 0.5) is 0 Å². The summed E-state index contributed by atoms with van der Waals surface area (Å²) < 4.78 is 33.9. The van der Waals surface area contributed by atoms with E-state index >= 15 is 0 Å². The summed E-state index contributed by atoms with van der Waals surface area (Å²) in [6.07, 6.45) is 8.60. The molecule has 4 atom stereocenters. The first-order valence-corrected chi connectivity index (χ1v) is 21.1. The molecule has 2 heterocycles. The van der Waals surface area contributed by atoms with E-state index in [2.05, 4.69) is 27.7 Å². The van der Waals surface area contributed by atoms with Crippen LogP contribution in [-0.4, -0.2) is 86.4 Å². The number of unbranched alkanes of at least 4 members (excludes halogenated alkanes) is 7. The first-order chi connectivity index (χ1) is 26.8. The van der Waals surface area contributed by atoms with Gasteiger partial charge in [-0.2, -0.15) is 0 Å². The van der Waals surface area contributed by atoms with Gasteiger partial charge in [-0.1, -0.05) is 118 Å². The van der Waals surface area contributed by atoms with Crippen LogP contribution in [0.15, 0.2) is 48.5 Å². The van der Waals surface area contributed by atoms with Crippen molar-refractivity contribution in [2.45, 2.75) is 144 Å². The van der Waals surface area contributed by atoms with Crippen LogP contribution in [0.2, 0.25) is 0 Å². The van der Waals surface area contributed by atoms with E-state index in [9.17, 15) is 20.1 Å². The predicted molar refractivity (Wildman–Crippen MR) is 224 cm³/mol. The largest absolute Gasteiger partial charge is 0.497 e. The number of carbonyl (C=O) groups excluding carboxylic acids is 1. The van der Waals surface area contributed by atoms with Crippen molar-refractivity contribution in [2.24, 2.45) is 21.7 Å². The quantitative estimate of drug-likeness (QED) is 0.0829. The zero-order chi connectivity index (χ0) is 42.5. The third kappa shape index (κ3) is 11.3. The van der Waals surface area contributed by atoms with Gasteiger partial charge in [0.15, 0.2) is 0 Å². The zero-order valence-corrected chi connectivity index (χ0v) is 37.1. The maximum Gasteiger partial charge on any atom is 0.305 e. The fourth-order valence-electron chi connectivity index (χ4n) is 8.91. The molecule has 2 aromatic rings. The Morgan fingerprint density at radius 1 is 0.719 bits per heavy atom. The summed E-state index contributed by atoms with van der Waals surface area (Å²) in [5.41, 5.74) is -2.58. The molecule has 4 rings (SSSR count). The Morgan fingerprint density at radius 3 is 1.60 bits per heavy atom. The lowest BCUT2D eigenvalue weighted by molar-refractivity contribution is -0.177. The third-order valence-corrected chi connectivity index (χ3v) is 12.5. The molecule has 2 fully saturated rings. The molecule has 57 heavy (non-hydrogen) atoms. The van der Waals surface area contributed by atoms with Crippen molar-refractivity contribution in [1.82, 2.24) is 0 Å². The first-order valence-electron chi connectivity index (χ1n) is 21.1. The monoisotopic (exact) mass is 801 g/mol. The number of hydrogen-bond donors (Lipinski definition) is 3. The van der Waals surface area contributed by atoms with Crippen LogP contribution < -0.4 is 9.47 Å². The number of aliphatic hydroxyl groups excluding tert-OH is 1. The van der Waals surface area contributed by atoms with Crippen molar-refractivity contribution in [3.8, 4) is 11.5 Å². The van der Waals surface area contributed by atoms with Gasteiger partial charge in [-0.15, -0.1) is 0 Å². The van der Waals surface area contributed by atoms with Gasteiger partial charge in [0.25, 0.3) is 0 Å². The lowest BCUT2D eigenvalue weighted by atomic mass is 9.59. The van der Waals surface area contributed by atoms with Crippen LogP contribution in [0, 0.1) is 21.7 Å². The van der Waals surface area contributed by atoms with Gasteiger partial charge in [0.05, 0.1) is 47.3 Å². The molecule has 0 spiro atoms. The van der Waals surface area contributed by atoms with E-state index in [4.69, 9.17) is 28.4 Å². The summed E-state index contributed by atoms with van der Waals surface area (Å²) in [5, 5.41) is 33.4. The Labute approximate surface area is 343 Å². The molecule has 0 aromatic heterocycles. The molecule has 3 N–H and O–H groups in total. The van der Waals surface area contributed by atoms with E-state index in [1.54, 1.807) is 14.2 Å². The Morgan fingerprint density at radius 2 is 1.16 bits per heavy atom. The van der Waals surface area contributed by atoms with Crippen molar-refractivity contribution in [1.29, 1.82) is 0 Å². The van der Waals surface area contributed by atoms with Crippen molar-refractivity contribution in [3.63, 3.8) is 0 Å². The summed E-state index contributed by atoms with van der Waals surface area (Å²) in [6, 6.07) is 15.3. The predicted octanol–water partition coefficient (Wildman–Crippen LogP) is 9.18. The molecule has 2 aliphatic heterocycles. The number of carbonyl (C=O) groups is 1. The summed E-state index contributed by atoms with van der Waals surface area (Å²) in [6.45, 7) is 20.3. The summed E-state index contributed by atoms with van der Waals surface area (Å²) in [5.74, 6) is 1.41. The number of aliphatic hydroxyl groups is 3. The van der Waals surface area contributed by atoms with Crippen LogP contribution in [0.3, 0.4) is 0 Å². The molecular formula is C47H76O10. The second-order valence-corrected chi connectivity index (χ2v) is 18.6. The fraction of sp³-hybridized carbons (Fsp3) is 0.723. The van der Waals surface area contributed by atoms with E-state index in [1.165, 1.54) is 25.7 Å². The van der Waals surface area contributed by atoms with E-state index in [-0.39, 0.29) is 12.6 Å². The van der Waals surface area contributed by atoms with Gasteiger partial charge in [0, 0.05) is 34.7 Å². The summed E-state index contributed by atoms with van der Waals surface area (Å²) >= 11 is 0. The molecule has 10 heteroatoms. The molecule has 4 unspecified atom stereocenters. The highest BCUT2D eigenvalue weighted by atomic mass is 16.5. The molecule has 0 radical (unpaired) electrons. The Bertz CT molecular complexity index is 1520. The first kappa shape index (κ1) is 48.6. The van der Waals surface area contributed by atoms with E-state index in [0.717, 1.165) is 48.3 Å². The summed E-state index contributed by atoms with van der Waals surface area (Å²) in [4.78, 5) is 11.3. The van der Waals surface area contributed by atoms with Crippen LogP contribution in [0.1, 0.15) is 143 Å². The lowest BCUT2D eigenvalue weighted by Crippen LogP contribution is -2.57. The normalized spacial score (nSPS) is 24.1. The Hall–Kier alpha value is -2.73. The van der Waals surface area contributed by atoms with Crippen LogP contribution in [0.5, 0.6) is 11.5 Å². The maximum absolute atomic E-state index is 12.2. The standard InChI is InChI=1S/C30H50O6.C17H26O4/c1-7-35-26(31)19-14-12-10-8-9-11-13-15-20-34-22-28(2,3)30(32)27(36-23-29(30,4)5)24-17-16-18-25(21-24)33-6;1-15(2,10-18)17(19)14(21-11-16(17,3)4)12-7-6-8-13(9-12)20-5/h16-18,21,27,32H,7-15,19-20,22-23H2,1-6H3;6-9,14,18-19H,10-11H2,1-5H3. The average molecular weight is 801 g/mol. The van der Waals surface area contributed by atoms with E-state index in [1.807, 2.05) is 83.1 Å². The number of esters is 1. The van der Waals surface area contributed by atoms with Gasteiger partial charge in [-0.3, -0.25) is 4.79 Å². The minimum absolute atomic E-state index is 0.0763. The topological polar surface area (TPSA) is 133 Å². The minimum atomic E-state index is -1.18. The molecule has 324 valence electrons. The summed E-state index contributed by atoms with van der Waals surface area (Å²) in [7, 11) is 3.26. The zero-order valence-electron chi connectivity index (χ0n) is 37.1. The SMILES string of the molecule is CCOC(=O)CCCCCCCCCCOCC(C)(C)C1(O)C(c2cccc(OC)c2)OCC1(C)C.COc1cccc(C2OCC(C)(C)C2(O)C(C)(C)CO)c1. The van der Waals surface area contributed by atoms with Crippen LogP contribution in [-0.2, 0) is 23.7 Å². The fourth-order valence-corrected chi connectivity index (χ4v) is 8.91. The molecule has 10 nitrogen and oxygen atoms in total. The number of methoxy groups -OCH3 is 2. The molecule has 2 aromatic carbocycles. The molecule has 2 saturated heterocycles. The number of hydrogen-bond acceptors (Lipinski definition) is 10. The van der Waals surface area contributed by atoms with Gasteiger partial charge < -0.3 is 43.7 Å². The molecule has 0 saturated carbocycles. The molecule has 0 amide bonds. The number of rotatable bonds is 21. The third-order valence-electron chi connectivity index (χ3n) is 12.5. The number of ether oxygens (including phenoxy) is 6. The molecule has 0 bridgehead atoms. The van der Waals surface area contributed by atoms with Gasteiger partial charge in [-0.25, -0.2) is 0 Å². The number of benzene rings is 2. The molecule has 0 aliphatic carbocycles. The molecular weight excluding hydrogens is 725 g/mol. The van der Waals surface area contributed by atoms with E-state index < -0.39 is 45.1 Å². The van der Waals surface area contributed by atoms with Crippen molar-refractivity contribution >= 4 is 5.97 Å². The van der Waals surface area contributed by atoms with Crippen molar-refractivity contribution in [3.05, 3.63) is 59.7 Å². The average Bonchev–Trinajstić information content (AvgIpc) is 3.59. The highest BCUT2D eigenvalue weighted by Gasteiger charge is 2.64. The Kier molecular flexibility index (Phi) is 17.9. The van der Waals surface area contributed by atoms with Gasteiger partial charge >= 0.3 is 5.97 Å². The second kappa shape index (κ2) is 21.0. The van der Waals surface area contributed by atoms with Gasteiger partial charge in [0.2, 0.25) is 0 Å².